The van der Waals surface area contributed by atoms with Crippen molar-refractivity contribution in [2.75, 3.05) is 0 Å². The van der Waals surface area contributed by atoms with Gasteiger partial charge in [-0.2, -0.15) is 0 Å². The van der Waals surface area contributed by atoms with Crippen LogP contribution < -0.4 is 10.1 Å². The summed E-state index contributed by atoms with van der Waals surface area (Å²) in [6.07, 6.45) is 1.47. The number of ether oxygens (including phenoxy) is 2. The Bertz CT molecular complexity index is 785. The minimum absolute atomic E-state index is 0.0953. The predicted molar refractivity (Wildman–Crippen MR) is 97.8 cm³/mol. The molecule has 0 unspecified atom stereocenters. The lowest BCUT2D eigenvalue weighted by molar-refractivity contribution is 0.0540. The van der Waals surface area contributed by atoms with E-state index in [2.05, 4.69) is 11.4 Å². The molecule has 0 atom stereocenters. The van der Waals surface area contributed by atoms with Gasteiger partial charge in [-0.25, -0.2) is 4.79 Å². The van der Waals surface area contributed by atoms with Crippen molar-refractivity contribution >= 4 is 6.09 Å². The smallest absolute Gasteiger partial charge is 0.418 e. The van der Waals surface area contributed by atoms with E-state index >= 15 is 0 Å². The van der Waals surface area contributed by atoms with E-state index in [1.807, 2.05) is 52.8 Å². The second-order valence-corrected chi connectivity index (χ2v) is 7.62. The van der Waals surface area contributed by atoms with Crippen LogP contribution in [0.3, 0.4) is 0 Å². The Morgan fingerprint density at radius 2 is 2.00 bits per heavy atom. The third kappa shape index (κ3) is 3.87. The first-order chi connectivity index (χ1) is 11.7. The molecule has 5 heteroatoms. The molecule has 1 aliphatic rings. The molecular formula is C20H26N2O3. The maximum atomic E-state index is 12.6. The van der Waals surface area contributed by atoms with Crippen LogP contribution in [0.15, 0.2) is 30.5 Å². The first-order valence-electron chi connectivity index (χ1n) is 8.69. The molecule has 0 amide bonds. The molecule has 25 heavy (non-hydrogen) atoms. The number of nitrogens with zero attached hydrogens (tertiary/aromatic N) is 1. The Labute approximate surface area is 148 Å². The van der Waals surface area contributed by atoms with E-state index in [1.54, 1.807) is 10.8 Å². The van der Waals surface area contributed by atoms with Crippen molar-refractivity contribution in [3.8, 4) is 17.0 Å². The summed E-state index contributed by atoms with van der Waals surface area (Å²) < 4.78 is 13.0. The number of hydrogen-bond acceptors (Lipinski definition) is 4. The lowest BCUT2D eigenvalue weighted by Crippen LogP contribution is -2.27. The average molecular weight is 342 g/mol. The Balaban J connectivity index is 2.04. The second kappa shape index (κ2) is 6.56. The van der Waals surface area contributed by atoms with Gasteiger partial charge < -0.3 is 14.8 Å². The van der Waals surface area contributed by atoms with E-state index in [4.69, 9.17) is 9.47 Å². The van der Waals surface area contributed by atoms with E-state index in [-0.39, 0.29) is 12.2 Å². The number of carbonyl (C=O) groups excluding carboxylic acids is 1. The van der Waals surface area contributed by atoms with Gasteiger partial charge in [0.25, 0.3) is 0 Å². The van der Waals surface area contributed by atoms with Crippen LogP contribution in [0.2, 0.25) is 0 Å². The van der Waals surface area contributed by atoms with E-state index in [0.29, 0.717) is 0 Å². The fourth-order valence-corrected chi connectivity index (χ4v) is 3.03. The lowest BCUT2D eigenvalue weighted by atomic mass is 10.00. The molecule has 3 rings (SSSR count). The van der Waals surface area contributed by atoms with E-state index in [0.717, 1.165) is 30.1 Å². The molecule has 1 aromatic carbocycles. The Hall–Kier alpha value is -2.27. The molecule has 0 bridgehead atoms. The number of carbonyl (C=O) groups is 1. The predicted octanol–water partition coefficient (Wildman–Crippen LogP) is 4.33. The summed E-state index contributed by atoms with van der Waals surface area (Å²) in [5, 5.41) is 3.38. The van der Waals surface area contributed by atoms with Crippen molar-refractivity contribution in [2.45, 2.75) is 59.4 Å². The largest absolute Gasteiger partial charge is 0.491 e. The number of hydrogen-bond donors (Lipinski definition) is 1. The minimum Gasteiger partial charge on any atom is -0.491 e. The summed E-state index contributed by atoms with van der Waals surface area (Å²) in [6.45, 7) is 11.2. The molecule has 1 aromatic heterocycles. The molecule has 0 spiro atoms. The Morgan fingerprint density at radius 3 is 2.68 bits per heavy atom. The summed E-state index contributed by atoms with van der Waals surface area (Å²) in [5.74, 6) is 0.824. The maximum absolute atomic E-state index is 12.6. The molecule has 2 heterocycles. The lowest BCUT2D eigenvalue weighted by Gasteiger charge is -2.21. The highest BCUT2D eigenvalue weighted by Crippen LogP contribution is 2.34. The minimum atomic E-state index is -0.537. The highest BCUT2D eigenvalue weighted by molar-refractivity contribution is 5.81. The first kappa shape index (κ1) is 17.5. The normalized spacial score (nSPS) is 13.8. The van der Waals surface area contributed by atoms with Gasteiger partial charge >= 0.3 is 6.09 Å². The van der Waals surface area contributed by atoms with Gasteiger partial charge in [0.2, 0.25) is 0 Å². The van der Waals surface area contributed by atoms with Crippen molar-refractivity contribution < 1.29 is 14.3 Å². The molecule has 0 saturated heterocycles. The second-order valence-electron chi connectivity index (χ2n) is 7.62. The fraction of sp³-hybridized carbons (Fsp3) is 0.450. The zero-order chi connectivity index (χ0) is 18.2. The van der Waals surface area contributed by atoms with Gasteiger partial charge in [-0.05, 0) is 70.0 Å². The third-order valence-electron chi connectivity index (χ3n) is 3.92. The molecule has 0 fully saturated rings. The van der Waals surface area contributed by atoms with Crippen LogP contribution in [-0.2, 0) is 17.8 Å². The summed E-state index contributed by atoms with van der Waals surface area (Å²) in [7, 11) is 0. The fourth-order valence-electron chi connectivity index (χ4n) is 3.03. The molecule has 5 nitrogen and oxygen atoms in total. The molecule has 0 saturated carbocycles. The molecule has 1 aliphatic heterocycles. The third-order valence-corrected chi connectivity index (χ3v) is 3.92. The van der Waals surface area contributed by atoms with Gasteiger partial charge in [0.15, 0.2) is 0 Å². The SMILES string of the molecule is CC(C)Oc1cc2c(c(-c3cccn3C(=O)OC(C)(C)C)c1)CNC2. The zero-order valence-corrected chi connectivity index (χ0v) is 15.6. The maximum Gasteiger partial charge on any atom is 0.418 e. The molecular weight excluding hydrogens is 316 g/mol. The Morgan fingerprint density at radius 1 is 1.24 bits per heavy atom. The molecule has 134 valence electrons. The van der Waals surface area contributed by atoms with E-state index < -0.39 is 5.60 Å². The summed E-state index contributed by atoms with van der Waals surface area (Å²) in [6, 6.07) is 7.91. The van der Waals surface area contributed by atoms with Gasteiger partial charge in [0.1, 0.15) is 11.4 Å². The number of fused-ring (bicyclic) bond motifs is 1. The van der Waals surface area contributed by atoms with Crippen molar-refractivity contribution in [2.24, 2.45) is 0 Å². The van der Waals surface area contributed by atoms with E-state index in [9.17, 15) is 4.79 Å². The van der Waals surface area contributed by atoms with Gasteiger partial charge in [0.05, 0.1) is 11.8 Å². The van der Waals surface area contributed by atoms with Crippen LogP contribution in [0.1, 0.15) is 45.7 Å². The van der Waals surface area contributed by atoms with Crippen LogP contribution in [0, 0.1) is 0 Å². The first-order valence-corrected chi connectivity index (χ1v) is 8.69. The van der Waals surface area contributed by atoms with Gasteiger partial charge in [0, 0.05) is 24.8 Å². The van der Waals surface area contributed by atoms with Crippen molar-refractivity contribution in [1.82, 2.24) is 9.88 Å². The summed E-state index contributed by atoms with van der Waals surface area (Å²) in [5.41, 5.74) is 3.71. The highest BCUT2D eigenvalue weighted by Gasteiger charge is 2.23. The molecule has 0 aliphatic carbocycles. The number of aromatic nitrogens is 1. The van der Waals surface area contributed by atoms with Crippen LogP contribution in [0.25, 0.3) is 11.3 Å². The highest BCUT2D eigenvalue weighted by atomic mass is 16.6. The number of nitrogens with one attached hydrogen (secondary N) is 1. The average Bonchev–Trinajstić information content (AvgIpc) is 3.12. The topological polar surface area (TPSA) is 52.5 Å². The van der Waals surface area contributed by atoms with Gasteiger partial charge in [-0.3, -0.25) is 4.57 Å². The van der Waals surface area contributed by atoms with Crippen molar-refractivity contribution in [3.05, 3.63) is 41.6 Å². The zero-order valence-electron chi connectivity index (χ0n) is 15.6. The summed E-state index contributed by atoms with van der Waals surface area (Å²) in [4.78, 5) is 12.6. The van der Waals surface area contributed by atoms with Crippen LogP contribution in [0.4, 0.5) is 4.79 Å². The van der Waals surface area contributed by atoms with Gasteiger partial charge in [-0.1, -0.05) is 0 Å². The standard InChI is InChI=1S/C20H26N2O3/c1-13(2)24-15-9-14-11-21-12-17(14)16(10-15)18-7-6-8-22(18)19(23)25-20(3,4)5/h6-10,13,21H,11-12H2,1-5H3. The van der Waals surface area contributed by atoms with Crippen molar-refractivity contribution in [3.63, 3.8) is 0 Å². The summed E-state index contributed by atoms with van der Waals surface area (Å²) >= 11 is 0. The molecule has 2 aromatic rings. The van der Waals surface area contributed by atoms with Crippen LogP contribution >= 0.6 is 0 Å². The van der Waals surface area contributed by atoms with Crippen LogP contribution in [0.5, 0.6) is 5.75 Å². The van der Waals surface area contributed by atoms with Crippen LogP contribution in [-0.4, -0.2) is 22.4 Å². The molecule has 0 radical (unpaired) electrons. The number of benzene rings is 1. The monoisotopic (exact) mass is 342 g/mol. The van der Waals surface area contributed by atoms with E-state index in [1.165, 1.54) is 11.1 Å². The van der Waals surface area contributed by atoms with Crippen molar-refractivity contribution in [1.29, 1.82) is 0 Å². The number of rotatable bonds is 3. The molecule has 1 N–H and O–H groups in total. The Kier molecular flexibility index (Phi) is 4.60. The quantitative estimate of drug-likeness (QED) is 0.902. The van der Waals surface area contributed by atoms with Gasteiger partial charge in [-0.15, -0.1) is 0 Å².